The molecule has 0 bridgehead atoms. The van der Waals surface area contributed by atoms with Crippen LogP contribution in [0.2, 0.25) is 0 Å². The SMILES string of the molecule is CC1CO1.O=S(=O)([O-])[O-].[Na+].[Na+]. The summed E-state index contributed by atoms with van der Waals surface area (Å²) in [5.74, 6) is 0. The molecule has 1 heterocycles. The zero-order valence-electron chi connectivity index (χ0n) is 6.73. The minimum absolute atomic E-state index is 0. The number of rotatable bonds is 0. The predicted molar refractivity (Wildman–Crippen MR) is 25.9 cm³/mol. The fourth-order valence-corrected chi connectivity index (χ4v) is 0.0962. The van der Waals surface area contributed by atoms with E-state index in [-0.39, 0.29) is 59.1 Å². The Morgan fingerprint density at radius 1 is 1.36 bits per heavy atom. The van der Waals surface area contributed by atoms with Crippen LogP contribution in [0.4, 0.5) is 0 Å². The molecule has 5 nitrogen and oxygen atoms in total. The second-order valence-corrected chi connectivity index (χ2v) is 2.37. The van der Waals surface area contributed by atoms with E-state index in [0.717, 1.165) is 6.61 Å². The van der Waals surface area contributed by atoms with Gasteiger partial charge in [-0.05, 0) is 6.92 Å². The summed E-state index contributed by atoms with van der Waals surface area (Å²) in [6.07, 6.45) is 0.583. The molecular formula is C3H6Na2O5S. The molecule has 8 heteroatoms. The van der Waals surface area contributed by atoms with Gasteiger partial charge in [-0.3, -0.25) is 8.42 Å². The summed E-state index contributed by atoms with van der Waals surface area (Å²) in [4.78, 5) is 0. The summed E-state index contributed by atoms with van der Waals surface area (Å²) in [5.41, 5.74) is 0. The number of hydrogen-bond acceptors (Lipinski definition) is 5. The molecule has 0 spiro atoms. The second kappa shape index (κ2) is 8.43. The fraction of sp³-hybridized carbons (Fsp3) is 1.00. The van der Waals surface area contributed by atoms with E-state index >= 15 is 0 Å². The normalized spacial score (nSPS) is 19.7. The van der Waals surface area contributed by atoms with Crippen LogP contribution in [0.25, 0.3) is 0 Å². The molecule has 0 aromatic heterocycles. The molecule has 0 saturated carbocycles. The Bertz CT molecular complexity index is 155. The Kier molecular flexibility index (Phi) is 14.2. The van der Waals surface area contributed by atoms with Gasteiger partial charge in [0, 0.05) is 10.4 Å². The summed E-state index contributed by atoms with van der Waals surface area (Å²) in [7, 11) is -5.17. The van der Waals surface area contributed by atoms with Crippen LogP contribution in [0.3, 0.4) is 0 Å². The smallest absolute Gasteiger partial charge is 0.759 e. The van der Waals surface area contributed by atoms with E-state index in [1.165, 1.54) is 0 Å². The van der Waals surface area contributed by atoms with E-state index in [2.05, 4.69) is 6.92 Å². The molecule has 0 N–H and O–H groups in total. The first kappa shape index (κ1) is 18.6. The predicted octanol–water partition coefficient (Wildman–Crippen LogP) is -6.92. The van der Waals surface area contributed by atoms with Crippen molar-refractivity contribution >= 4 is 10.4 Å². The maximum absolute atomic E-state index is 8.52. The topological polar surface area (TPSA) is 92.8 Å². The molecule has 0 aliphatic carbocycles. The Labute approximate surface area is 110 Å². The van der Waals surface area contributed by atoms with Gasteiger partial charge >= 0.3 is 59.1 Å². The first-order valence-electron chi connectivity index (χ1n) is 2.18. The van der Waals surface area contributed by atoms with E-state index in [1.807, 2.05) is 0 Å². The molecule has 1 unspecified atom stereocenters. The van der Waals surface area contributed by atoms with Crippen molar-refractivity contribution in [2.75, 3.05) is 6.61 Å². The van der Waals surface area contributed by atoms with E-state index in [0.29, 0.717) is 6.10 Å². The minimum atomic E-state index is -5.17. The Morgan fingerprint density at radius 3 is 1.45 bits per heavy atom. The van der Waals surface area contributed by atoms with E-state index in [4.69, 9.17) is 22.3 Å². The quantitative estimate of drug-likeness (QED) is 0.168. The number of hydrogen-bond donors (Lipinski definition) is 0. The fourth-order valence-electron chi connectivity index (χ4n) is 0.0962. The van der Waals surface area contributed by atoms with Crippen molar-refractivity contribution in [3.63, 3.8) is 0 Å². The second-order valence-electron chi connectivity index (χ2n) is 1.55. The van der Waals surface area contributed by atoms with Crippen molar-refractivity contribution in [1.29, 1.82) is 0 Å². The van der Waals surface area contributed by atoms with Crippen molar-refractivity contribution in [3.8, 4) is 0 Å². The summed E-state index contributed by atoms with van der Waals surface area (Å²) >= 11 is 0. The van der Waals surface area contributed by atoms with Gasteiger partial charge in [0.15, 0.2) is 0 Å². The van der Waals surface area contributed by atoms with Crippen LogP contribution < -0.4 is 59.1 Å². The van der Waals surface area contributed by atoms with Gasteiger partial charge in [0.05, 0.1) is 12.7 Å². The molecule has 0 aromatic carbocycles. The van der Waals surface area contributed by atoms with Crippen molar-refractivity contribution in [2.24, 2.45) is 0 Å². The first-order valence-corrected chi connectivity index (χ1v) is 3.51. The monoisotopic (exact) mass is 200 g/mol. The summed E-state index contributed by atoms with van der Waals surface area (Å²) in [6.45, 7) is 3.04. The third kappa shape index (κ3) is 49.0. The molecule has 1 rings (SSSR count). The van der Waals surface area contributed by atoms with Gasteiger partial charge in [-0.25, -0.2) is 0 Å². The van der Waals surface area contributed by atoms with Crippen molar-refractivity contribution in [3.05, 3.63) is 0 Å². The molecule has 0 aromatic rings. The summed E-state index contributed by atoms with van der Waals surface area (Å²) < 4.78 is 38.8. The van der Waals surface area contributed by atoms with Crippen LogP contribution in [0.1, 0.15) is 6.92 Å². The van der Waals surface area contributed by atoms with Gasteiger partial charge in [-0.2, -0.15) is 0 Å². The molecule has 1 saturated heterocycles. The van der Waals surface area contributed by atoms with Crippen LogP contribution in [-0.4, -0.2) is 30.2 Å². The molecule has 0 amide bonds. The standard InChI is InChI=1S/C3H6O.2Na.H2O4S/c1-3-2-4-3;;;1-5(2,3)4/h3H,2H2,1H3;;;(H2,1,2,3,4)/q;2*+1;/p-2. The molecule has 56 valence electrons. The van der Waals surface area contributed by atoms with Crippen molar-refractivity contribution in [2.45, 2.75) is 13.0 Å². The first-order chi connectivity index (χ1) is 3.89. The van der Waals surface area contributed by atoms with Gasteiger partial charge in [0.1, 0.15) is 0 Å². The molecular weight excluding hydrogens is 194 g/mol. The van der Waals surface area contributed by atoms with Gasteiger partial charge < -0.3 is 13.8 Å². The molecule has 1 aliphatic heterocycles. The molecule has 0 radical (unpaired) electrons. The van der Waals surface area contributed by atoms with Crippen molar-refractivity contribution in [1.82, 2.24) is 0 Å². The molecule has 1 aliphatic rings. The number of epoxide rings is 1. The van der Waals surface area contributed by atoms with E-state index in [1.54, 1.807) is 0 Å². The third-order valence-electron chi connectivity index (χ3n) is 0.500. The van der Waals surface area contributed by atoms with E-state index < -0.39 is 10.4 Å². The summed E-state index contributed by atoms with van der Waals surface area (Å²) in [6, 6.07) is 0. The number of ether oxygens (including phenoxy) is 1. The maximum atomic E-state index is 8.52. The summed E-state index contributed by atoms with van der Waals surface area (Å²) in [5, 5.41) is 0. The molecule has 11 heavy (non-hydrogen) atoms. The van der Waals surface area contributed by atoms with Gasteiger partial charge in [0.2, 0.25) is 0 Å². The Hall–Kier alpha value is 1.83. The Morgan fingerprint density at radius 2 is 1.45 bits per heavy atom. The zero-order valence-corrected chi connectivity index (χ0v) is 11.6. The largest absolute Gasteiger partial charge is 1.00 e. The average molecular weight is 200 g/mol. The van der Waals surface area contributed by atoms with Crippen LogP contribution >= 0.6 is 0 Å². The van der Waals surface area contributed by atoms with Gasteiger partial charge in [-0.15, -0.1) is 0 Å². The average Bonchev–Trinajstić information content (AvgIpc) is 2.13. The van der Waals surface area contributed by atoms with Crippen LogP contribution in [0.15, 0.2) is 0 Å². The maximum Gasteiger partial charge on any atom is 1.00 e. The molecule has 1 fully saturated rings. The van der Waals surface area contributed by atoms with Gasteiger partial charge in [-0.1, -0.05) is 0 Å². The van der Waals surface area contributed by atoms with Gasteiger partial charge in [0.25, 0.3) is 0 Å². The minimum Gasteiger partial charge on any atom is -0.759 e. The van der Waals surface area contributed by atoms with E-state index in [9.17, 15) is 0 Å². The van der Waals surface area contributed by atoms with Crippen LogP contribution in [0.5, 0.6) is 0 Å². The third-order valence-corrected chi connectivity index (χ3v) is 0.500. The Balaban J connectivity index is -0.0000000990. The zero-order chi connectivity index (χ0) is 7.49. The van der Waals surface area contributed by atoms with Crippen LogP contribution in [0, 0.1) is 0 Å². The van der Waals surface area contributed by atoms with Crippen molar-refractivity contribution < 1.29 is 81.4 Å². The van der Waals surface area contributed by atoms with Crippen LogP contribution in [-0.2, 0) is 15.1 Å². The molecule has 1 atom stereocenters.